The number of hydrogen-bond donors (Lipinski definition) is 3. The molecule has 0 radical (unpaired) electrons. The van der Waals surface area contributed by atoms with Crippen LogP contribution in [0.15, 0.2) is 24.4 Å². The van der Waals surface area contributed by atoms with Crippen LogP contribution in [0, 0.1) is 0 Å². The Balaban J connectivity index is 2.13. The monoisotopic (exact) mass is 292 g/mol. The van der Waals surface area contributed by atoms with Gasteiger partial charge in [0, 0.05) is 19.8 Å². The van der Waals surface area contributed by atoms with Crippen molar-refractivity contribution in [3.05, 3.63) is 29.3 Å². The van der Waals surface area contributed by atoms with Gasteiger partial charge in [-0.3, -0.25) is 4.79 Å². The zero-order valence-corrected chi connectivity index (χ0v) is 12.1. The van der Waals surface area contributed by atoms with Crippen LogP contribution in [0.1, 0.15) is 16.6 Å². The molecule has 0 aromatic carbocycles. The summed E-state index contributed by atoms with van der Waals surface area (Å²) in [4.78, 5) is 21.7. The normalized spacial score (nSPS) is 11.9. The van der Waals surface area contributed by atoms with Crippen LogP contribution in [0.5, 0.6) is 0 Å². The number of aliphatic hydroxyl groups excluding tert-OH is 1. The van der Waals surface area contributed by atoms with Crippen molar-refractivity contribution in [2.24, 2.45) is 0 Å². The van der Waals surface area contributed by atoms with Crippen LogP contribution < -0.4 is 10.6 Å². The number of hydrogen-bond acceptors (Lipinski definition) is 6. The molecule has 2 aromatic rings. The molecule has 2 rings (SSSR count). The van der Waals surface area contributed by atoms with Gasteiger partial charge >= 0.3 is 0 Å². The van der Waals surface area contributed by atoms with Crippen molar-refractivity contribution in [1.29, 1.82) is 0 Å². The van der Waals surface area contributed by atoms with Gasteiger partial charge in [-0.05, 0) is 25.1 Å². The molecule has 0 bridgehead atoms. The number of nitrogens with one attached hydrogen (secondary N) is 2. The summed E-state index contributed by atoms with van der Waals surface area (Å²) in [6.07, 6.45) is 1.11. The zero-order valence-electron chi connectivity index (χ0n) is 11.3. The third-order valence-corrected chi connectivity index (χ3v) is 3.63. The van der Waals surface area contributed by atoms with Gasteiger partial charge in [0.2, 0.25) is 5.95 Å². The summed E-state index contributed by atoms with van der Waals surface area (Å²) < 4.78 is 0. The van der Waals surface area contributed by atoms with Gasteiger partial charge in [0.05, 0.1) is 21.6 Å². The average Bonchev–Trinajstić information content (AvgIpc) is 2.94. The van der Waals surface area contributed by atoms with E-state index in [0.717, 1.165) is 10.6 Å². The second kappa shape index (κ2) is 6.44. The molecule has 7 heteroatoms. The molecular weight excluding hydrogens is 276 g/mol. The Kier molecular flexibility index (Phi) is 4.65. The van der Waals surface area contributed by atoms with Gasteiger partial charge < -0.3 is 15.7 Å². The molecule has 2 aromatic heterocycles. The maximum Gasteiger partial charge on any atom is 0.261 e. The van der Waals surface area contributed by atoms with Crippen molar-refractivity contribution >= 4 is 23.2 Å². The van der Waals surface area contributed by atoms with Crippen LogP contribution in [0.3, 0.4) is 0 Å². The highest BCUT2D eigenvalue weighted by atomic mass is 32.1. The minimum absolute atomic E-state index is 0.190. The number of carbonyl (C=O) groups excluding carboxylic acids is 1. The lowest BCUT2D eigenvalue weighted by Crippen LogP contribution is -2.29. The van der Waals surface area contributed by atoms with Crippen LogP contribution >= 0.6 is 11.3 Å². The fourth-order valence-electron chi connectivity index (χ4n) is 1.54. The molecule has 0 spiro atoms. The van der Waals surface area contributed by atoms with Crippen LogP contribution in [-0.2, 0) is 0 Å². The SMILES string of the molecule is CNc1nccc(-c2ccc(C(=O)NCC(C)O)s2)n1. The highest BCUT2D eigenvalue weighted by Crippen LogP contribution is 2.26. The topological polar surface area (TPSA) is 87.1 Å². The lowest BCUT2D eigenvalue weighted by molar-refractivity contribution is 0.0928. The average molecular weight is 292 g/mol. The highest BCUT2D eigenvalue weighted by Gasteiger charge is 2.11. The standard InChI is InChI=1S/C13H16N4O2S/c1-8(18)7-16-12(19)11-4-3-10(20-11)9-5-6-15-13(14-2)17-9/h3-6,8,18H,7H2,1-2H3,(H,16,19)(H,14,15,17). The molecule has 1 amide bonds. The number of nitrogens with zero attached hydrogens (tertiary/aromatic N) is 2. The van der Waals surface area contributed by atoms with Crippen molar-refractivity contribution in [3.8, 4) is 10.6 Å². The molecular formula is C13H16N4O2S. The van der Waals surface area contributed by atoms with E-state index in [-0.39, 0.29) is 12.5 Å². The number of anilines is 1. The van der Waals surface area contributed by atoms with E-state index >= 15 is 0 Å². The van der Waals surface area contributed by atoms with Gasteiger partial charge in [-0.15, -0.1) is 11.3 Å². The summed E-state index contributed by atoms with van der Waals surface area (Å²) in [6.45, 7) is 1.86. The van der Waals surface area contributed by atoms with Crippen molar-refractivity contribution in [1.82, 2.24) is 15.3 Å². The quantitative estimate of drug-likeness (QED) is 0.774. The van der Waals surface area contributed by atoms with E-state index < -0.39 is 6.10 Å². The number of aromatic nitrogens is 2. The summed E-state index contributed by atoms with van der Waals surface area (Å²) in [6, 6.07) is 5.40. The van der Waals surface area contributed by atoms with Gasteiger partial charge in [-0.25, -0.2) is 9.97 Å². The second-order valence-corrected chi connectivity index (χ2v) is 5.32. The van der Waals surface area contributed by atoms with Crippen LogP contribution in [0.2, 0.25) is 0 Å². The Hall–Kier alpha value is -1.99. The first kappa shape index (κ1) is 14.4. The molecule has 0 saturated heterocycles. The Bertz CT molecular complexity index is 598. The van der Waals surface area contributed by atoms with Gasteiger partial charge in [0.15, 0.2) is 0 Å². The van der Waals surface area contributed by atoms with E-state index in [1.807, 2.05) is 6.07 Å². The smallest absolute Gasteiger partial charge is 0.261 e. The largest absolute Gasteiger partial charge is 0.392 e. The molecule has 0 fully saturated rings. The lowest BCUT2D eigenvalue weighted by Gasteiger charge is -2.05. The van der Waals surface area contributed by atoms with E-state index in [0.29, 0.717) is 10.8 Å². The van der Waals surface area contributed by atoms with Gasteiger partial charge in [0.1, 0.15) is 0 Å². The van der Waals surface area contributed by atoms with Crippen LogP contribution in [0.25, 0.3) is 10.6 Å². The first-order valence-corrected chi connectivity index (χ1v) is 6.99. The first-order chi connectivity index (χ1) is 9.60. The fraction of sp³-hybridized carbons (Fsp3) is 0.308. The number of amides is 1. The Morgan fingerprint density at radius 1 is 1.45 bits per heavy atom. The summed E-state index contributed by atoms with van der Waals surface area (Å²) in [7, 11) is 1.75. The van der Waals surface area contributed by atoms with Crippen LogP contribution in [0.4, 0.5) is 5.95 Å². The van der Waals surface area contributed by atoms with E-state index in [2.05, 4.69) is 20.6 Å². The number of thiophene rings is 1. The molecule has 0 saturated carbocycles. The molecule has 0 aliphatic heterocycles. The fourth-order valence-corrected chi connectivity index (χ4v) is 2.43. The van der Waals surface area contributed by atoms with Crippen molar-refractivity contribution < 1.29 is 9.90 Å². The van der Waals surface area contributed by atoms with E-state index in [1.165, 1.54) is 11.3 Å². The number of aliphatic hydroxyl groups is 1. The third kappa shape index (κ3) is 3.52. The number of rotatable bonds is 5. The van der Waals surface area contributed by atoms with E-state index in [4.69, 9.17) is 5.11 Å². The van der Waals surface area contributed by atoms with Crippen LogP contribution in [-0.4, -0.2) is 40.7 Å². The molecule has 106 valence electrons. The summed E-state index contributed by atoms with van der Waals surface area (Å²) in [5, 5.41) is 14.7. The molecule has 6 nitrogen and oxygen atoms in total. The Labute approximate surface area is 120 Å². The third-order valence-electron chi connectivity index (χ3n) is 2.52. The summed E-state index contributed by atoms with van der Waals surface area (Å²) in [5.74, 6) is 0.348. The molecule has 20 heavy (non-hydrogen) atoms. The summed E-state index contributed by atoms with van der Waals surface area (Å²) in [5.41, 5.74) is 0.768. The minimum Gasteiger partial charge on any atom is -0.392 e. The first-order valence-electron chi connectivity index (χ1n) is 6.17. The zero-order chi connectivity index (χ0) is 14.5. The number of carbonyl (C=O) groups is 1. The van der Waals surface area contributed by atoms with Crippen molar-refractivity contribution in [3.63, 3.8) is 0 Å². The van der Waals surface area contributed by atoms with E-state index in [9.17, 15) is 4.79 Å². The van der Waals surface area contributed by atoms with Crippen molar-refractivity contribution in [2.45, 2.75) is 13.0 Å². The van der Waals surface area contributed by atoms with Crippen molar-refractivity contribution in [2.75, 3.05) is 18.9 Å². The lowest BCUT2D eigenvalue weighted by atomic mass is 10.3. The van der Waals surface area contributed by atoms with E-state index in [1.54, 1.807) is 32.3 Å². The maximum atomic E-state index is 11.9. The molecule has 0 aliphatic rings. The van der Waals surface area contributed by atoms with Gasteiger partial charge in [0.25, 0.3) is 5.91 Å². The predicted octanol–water partition coefficient (Wildman–Crippen LogP) is 1.36. The Morgan fingerprint density at radius 3 is 2.95 bits per heavy atom. The predicted molar refractivity (Wildman–Crippen MR) is 78.9 cm³/mol. The molecule has 0 aliphatic carbocycles. The second-order valence-electron chi connectivity index (χ2n) is 4.24. The molecule has 2 heterocycles. The Morgan fingerprint density at radius 2 is 2.25 bits per heavy atom. The maximum absolute atomic E-state index is 11.9. The van der Waals surface area contributed by atoms with Gasteiger partial charge in [-0.2, -0.15) is 0 Å². The van der Waals surface area contributed by atoms with Gasteiger partial charge in [-0.1, -0.05) is 0 Å². The minimum atomic E-state index is -0.557. The summed E-state index contributed by atoms with van der Waals surface area (Å²) >= 11 is 1.35. The molecule has 1 unspecified atom stereocenters. The molecule has 3 N–H and O–H groups in total. The highest BCUT2D eigenvalue weighted by molar-refractivity contribution is 7.17. The molecule has 1 atom stereocenters.